The number of rotatable bonds is 10. The molecule has 0 radical (unpaired) electrons. The van der Waals surface area contributed by atoms with Crippen LogP contribution in [0.2, 0.25) is 0 Å². The molecule has 10 heteroatoms. The van der Waals surface area contributed by atoms with Crippen molar-refractivity contribution in [1.29, 1.82) is 0 Å². The van der Waals surface area contributed by atoms with Crippen LogP contribution in [0.4, 0.5) is 0 Å². The molecule has 2 aromatic carbocycles. The van der Waals surface area contributed by atoms with Crippen LogP contribution in [0.25, 0.3) is 12.2 Å². The molecule has 0 heterocycles. The summed E-state index contributed by atoms with van der Waals surface area (Å²) in [5.74, 6) is 0.773. The highest BCUT2D eigenvalue weighted by Gasteiger charge is 2.40. The lowest BCUT2D eigenvalue weighted by Crippen LogP contribution is -2.42. The fraction of sp³-hybridized carbons (Fsp3) is 0.370. The van der Waals surface area contributed by atoms with E-state index in [1.54, 1.807) is 36.4 Å². The van der Waals surface area contributed by atoms with Crippen LogP contribution < -0.4 is 5.48 Å². The number of nitrogens with one attached hydrogen (secondary N) is 1. The summed E-state index contributed by atoms with van der Waals surface area (Å²) in [6, 6.07) is 12.5. The molecule has 2 atom stereocenters. The Hall–Kier alpha value is -2.79. The highest BCUT2D eigenvalue weighted by molar-refractivity contribution is 7.87. The van der Waals surface area contributed by atoms with E-state index in [0.717, 1.165) is 42.5 Å². The molecule has 2 unspecified atom stereocenters. The molecule has 2 bridgehead atoms. The summed E-state index contributed by atoms with van der Waals surface area (Å²) in [4.78, 5) is 0.100. The fourth-order valence-corrected chi connectivity index (χ4v) is 6.78. The summed E-state index contributed by atoms with van der Waals surface area (Å²) < 4.78 is 60.5. The van der Waals surface area contributed by atoms with Gasteiger partial charge in [0.1, 0.15) is 4.90 Å². The van der Waals surface area contributed by atoms with Gasteiger partial charge in [-0.2, -0.15) is 26.6 Å². The molecule has 0 saturated heterocycles. The number of fused-ring (bicyclic) bond motifs is 2. The van der Waals surface area contributed by atoms with Crippen LogP contribution in [-0.2, 0) is 28.8 Å². The van der Waals surface area contributed by atoms with Gasteiger partial charge in [0.15, 0.2) is 0 Å². The molecular weight excluding hydrogens is 512 g/mol. The quantitative estimate of drug-likeness (QED) is 0.418. The summed E-state index contributed by atoms with van der Waals surface area (Å²) in [5, 5.41) is 4.15. The predicted molar refractivity (Wildman–Crippen MR) is 143 cm³/mol. The highest BCUT2D eigenvalue weighted by atomic mass is 32.2. The van der Waals surface area contributed by atoms with Crippen molar-refractivity contribution in [2.24, 2.45) is 28.8 Å². The standard InChI is InChI=1S/C27H32N2O6S2/c1-4-20-6-10-25(11-7-20)36(30,31)34-28-18-22-16-23-14-19(3)15-24(17-22)27(23)29-35-37(32,33)26-12-8-21(5-2)9-13-26/h4-13,19,22-24,28H,1-2,14-18H2,3H3. The first kappa shape index (κ1) is 27.3. The van der Waals surface area contributed by atoms with Crippen LogP contribution in [0.15, 0.2) is 76.6 Å². The lowest BCUT2D eigenvalue weighted by Gasteiger charge is -2.42. The number of hydrogen-bond acceptors (Lipinski definition) is 8. The topological polar surface area (TPSA) is 111 Å². The van der Waals surface area contributed by atoms with E-state index in [-0.39, 0.29) is 27.5 Å². The second-order valence-corrected chi connectivity index (χ2v) is 12.9. The number of oxime groups is 1. The Labute approximate surface area is 219 Å². The minimum atomic E-state index is -4.03. The van der Waals surface area contributed by atoms with E-state index in [0.29, 0.717) is 12.5 Å². The van der Waals surface area contributed by atoms with E-state index in [4.69, 9.17) is 8.57 Å². The van der Waals surface area contributed by atoms with Crippen molar-refractivity contribution in [3.05, 3.63) is 72.8 Å². The summed E-state index contributed by atoms with van der Waals surface area (Å²) >= 11 is 0. The van der Waals surface area contributed by atoms with E-state index in [9.17, 15) is 16.8 Å². The zero-order valence-electron chi connectivity index (χ0n) is 20.7. The van der Waals surface area contributed by atoms with E-state index >= 15 is 0 Å². The molecule has 0 spiro atoms. The molecule has 0 amide bonds. The predicted octanol–water partition coefficient (Wildman–Crippen LogP) is 5.02. The average Bonchev–Trinajstić information content (AvgIpc) is 2.87. The molecule has 1 N–H and O–H groups in total. The summed E-state index contributed by atoms with van der Waals surface area (Å²) in [6.07, 6.45) is 6.49. The molecule has 0 aromatic heterocycles. The first-order chi connectivity index (χ1) is 17.6. The fourth-order valence-electron chi connectivity index (χ4n) is 5.25. The van der Waals surface area contributed by atoms with Crippen molar-refractivity contribution < 1.29 is 25.4 Å². The first-order valence-electron chi connectivity index (χ1n) is 12.2. The normalized spacial score (nSPS) is 23.8. The third-order valence-electron chi connectivity index (χ3n) is 7.04. The van der Waals surface area contributed by atoms with Crippen molar-refractivity contribution in [1.82, 2.24) is 5.48 Å². The third-order valence-corrected chi connectivity index (χ3v) is 9.34. The van der Waals surface area contributed by atoms with E-state index in [1.807, 2.05) is 0 Å². The minimum Gasteiger partial charge on any atom is -0.265 e. The summed E-state index contributed by atoms with van der Waals surface area (Å²) in [5.41, 5.74) is 5.04. The van der Waals surface area contributed by atoms with Crippen molar-refractivity contribution in [3.63, 3.8) is 0 Å². The van der Waals surface area contributed by atoms with Gasteiger partial charge in [-0.1, -0.05) is 61.7 Å². The molecule has 2 aliphatic carbocycles. The van der Waals surface area contributed by atoms with Crippen molar-refractivity contribution in [2.75, 3.05) is 6.54 Å². The monoisotopic (exact) mass is 544 g/mol. The van der Waals surface area contributed by atoms with Crippen molar-refractivity contribution >= 4 is 38.1 Å². The third kappa shape index (κ3) is 6.56. The van der Waals surface area contributed by atoms with Crippen LogP contribution in [-0.4, -0.2) is 29.1 Å². The molecule has 0 aliphatic heterocycles. The maximum Gasteiger partial charge on any atom is 0.358 e. The van der Waals surface area contributed by atoms with Gasteiger partial charge < -0.3 is 0 Å². The molecule has 2 aromatic rings. The molecule has 2 fully saturated rings. The van der Waals surface area contributed by atoms with Crippen LogP contribution in [0.3, 0.4) is 0 Å². The molecule has 8 nitrogen and oxygen atoms in total. The van der Waals surface area contributed by atoms with E-state index in [2.05, 4.69) is 30.7 Å². The van der Waals surface area contributed by atoms with Crippen molar-refractivity contribution in [2.45, 2.75) is 42.4 Å². The van der Waals surface area contributed by atoms with Gasteiger partial charge >= 0.3 is 20.2 Å². The molecule has 2 aliphatic rings. The molecule has 198 valence electrons. The van der Waals surface area contributed by atoms with Gasteiger partial charge in [-0.3, -0.25) is 4.28 Å². The van der Waals surface area contributed by atoms with Crippen LogP contribution in [0.5, 0.6) is 0 Å². The maximum absolute atomic E-state index is 12.7. The van der Waals surface area contributed by atoms with Crippen molar-refractivity contribution in [3.8, 4) is 0 Å². The molecule has 2 saturated carbocycles. The zero-order valence-corrected chi connectivity index (χ0v) is 22.4. The van der Waals surface area contributed by atoms with Crippen LogP contribution in [0.1, 0.15) is 43.7 Å². The average molecular weight is 545 g/mol. The Morgan fingerprint density at radius 3 is 1.81 bits per heavy atom. The number of hydroxylamine groups is 1. The summed E-state index contributed by atoms with van der Waals surface area (Å²) in [7, 11) is -7.97. The van der Waals surface area contributed by atoms with Gasteiger partial charge in [0.25, 0.3) is 0 Å². The second kappa shape index (κ2) is 11.3. The Kier molecular flexibility index (Phi) is 8.33. The highest BCUT2D eigenvalue weighted by Crippen LogP contribution is 2.43. The largest absolute Gasteiger partial charge is 0.358 e. The lowest BCUT2D eigenvalue weighted by molar-refractivity contribution is 0.146. The number of hydrogen-bond donors (Lipinski definition) is 1. The van der Waals surface area contributed by atoms with Gasteiger partial charge in [-0.15, -0.1) is 0 Å². The van der Waals surface area contributed by atoms with E-state index < -0.39 is 20.2 Å². The molecule has 4 rings (SSSR count). The second-order valence-electron chi connectivity index (χ2n) is 9.78. The van der Waals surface area contributed by atoms with Gasteiger partial charge in [0.05, 0.1) is 10.6 Å². The Morgan fingerprint density at radius 1 is 0.838 bits per heavy atom. The maximum atomic E-state index is 12.7. The van der Waals surface area contributed by atoms with Gasteiger partial charge in [-0.25, -0.2) is 0 Å². The molecular formula is C27H32N2O6S2. The Morgan fingerprint density at radius 2 is 1.32 bits per heavy atom. The zero-order chi connectivity index (χ0) is 26.6. The Bertz CT molecular complexity index is 1350. The number of benzene rings is 2. The first-order valence-corrected chi connectivity index (χ1v) is 15.1. The summed E-state index contributed by atoms with van der Waals surface area (Å²) in [6.45, 7) is 9.86. The molecule has 37 heavy (non-hydrogen) atoms. The Balaban J connectivity index is 1.38. The van der Waals surface area contributed by atoms with Crippen LogP contribution >= 0.6 is 0 Å². The van der Waals surface area contributed by atoms with Gasteiger partial charge in [0, 0.05) is 18.4 Å². The van der Waals surface area contributed by atoms with Crippen LogP contribution in [0, 0.1) is 23.7 Å². The lowest BCUT2D eigenvalue weighted by atomic mass is 9.64. The van der Waals surface area contributed by atoms with Gasteiger partial charge in [-0.05, 0) is 72.9 Å². The SMILES string of the molecule is C=Cc1ccc(S(=O)(=O)ON=C2C3CC(C)CC2CC(CNOS(=O)(=O)c2ccc(C=C)cc2)C3)cc1. The van der Waals surface area contributed by atoms with E-state index in [1.165, 1.54) is 24.3 Å². The number of nitrogens with zero attached hydrogens (tertiary/aromatic N) is 1. The minimum absolute atomic E-state index is 0.0383. The van der Waals surface area contributed by atoms with Gasteiger partial charge in [0.2, 0.25) is 0 Å². The smallest absolute Gasteiger partial charge is 0.265 e.